The third-order valence-corrected chi connectivity index (χ3v) is 5.36. The van der Waals surface area contributed by atoms with Gasteiger partial charge in [0.25, 0.3) is 0 Å². The van der Waals surface area contributed by atoms with Crippen molar-refractivity contribution in [1.29, 1.82) is 0 Å². The van der Waals surface area contributed by atoms with Gasteiger partial charge in [0.1, 0.15) is 18.3 Å². The fraction of sp³-hybridized carbons (Fsp3) is 0.364. The molecule has 0 saturated carbocycles. The normalized spacial score (nSPS) is 26.8. The van der Waals surface area contributed by atoms with Crippen LogP contribution in [0.5, 0.6) is 5.75 Å². The van der Waals surface area contributed by atoms with Crippen LogP contribution in [-0.4, -0.2) is 62.7 Å². The lowest BCUT2D eigenvalue weighted by molar-refractivity contribution is -0.364. The molecule has 0 aliphatic carbocycles. The standard InChI is InChI=1S/C22H25NO7/c1-12-5-7-13(8-6-12)9-14-10-23-15-3-2-4-16(18(14)15)29-30-21-20(26)19(25)17(11-24)28-22(21)27/h2-8,10,17,19-27H,9,11H2,1H3/t17-,19-,20+,21-,22-/m1/s1. The number of benzene rings is 2. The highest BCUT2D eigenvalue weighted by molar-refractivity contribution is 5.89. The highest BCUT2D eigenvalue weighted by Gasteiger charge is 2.45. The molecule has 8 nitrogen and oxygen atoms in total. The third-order valence-electron chi connectivity index (χ3n) is 5.36. The summed E-state index contributed by atoms with van der Waals surface area (Å²) in [6.45, 7) is 1.49. The number of H-pyrrole nitrogens is 1. The Labute approximate surface area is 173 Å². The maximum Gasteiger partial charge on any atom is 0.188 e. The zero-order valence-electron chi connectivity index (χ0n) is 16.4. The van der Waals surface area contributed by atoms with Crippen molar-refractivity contribution in [3.05, 3.63) is 65.4 Å². The lowest BCUT2D eigenvalue weighted by Gasteiger charge is -2.38. The van der Waals surface area contributed by atoms with E-state index in [1.54, 1.807) is 12.1 Å². The van der Waals surface area contributed by atoms with Gasteiger partial charge in [0, 0.05) is 17.1 Å². The predicted octanol–water partition coefficient (Wildman–Crippen LogP) is 1.18. The van der Waals surface area contributed by atoms with E-state index in [4.69, 9.17) is 19.6 Å². The van der Waals surface area contributed by atoms with Crippen molar-refractivity contribution < 1.29 is 34.9 Å². The van der Waals surface area contributed by atoms with Crippen molar-refractivity contribution >= 4 is 10.9 Å². The smallest absolute Gasteiger partial charge is 0.188 e. The van der Waals surface area contributed by atoms with Gasteiger partial charge in [-0.1, -0.05) is 35.9 Å². The molecule has 1 aromatic heterocycles. The highest BCUT2D eigenvalue weighted by Crippen LogP contribution is 2.32. The average molecular weight is 415 g/mol. The van der Waals surface area contributed by atoms with E-state index in [2.05, 4.69) is 29.2 Å². The first-order valence-corrected chi connectivity index (χ1v) is 9.76. The molecule has 0 radical (unpaired) electrons. The molecule has 4 rings (SSSR count). The largest absolute Gasteiger partial charge is 0.394 e. The van der Waals surface area contributed by atoms with Crippen LogP contribution >= 0.6 is 0 Å². The number of ether oxygens (including phenoxy) is 1. The Balaban J connectivity index is 1.54. The summed E-state index contributed by atoms with van der Waals surface area (Å²) in [6, 6.07) is 13.7. The number of aromatic nitrogens is 1. The summed E-state index contributed by atoms with van der Waals surface area (Å²) < 4.78 is 5.09. The first kappa shape index (κ1) is 20.8. The Morgan fingerprint density at radius 3 is 2.53 bits per heavy atom. The average Bonchev–Trinajstić information content (AvgIpc) is 3.16. The van der Waals surface area contributed by atoms with Crippen LogP contribution in [0.2, 0.25) is 0 Å². The van der Waals surface area contributed by atoms with Gasteiger partial charge >= 0.3 is 0 Å². The van der Waals surface area contributed by atoms with Gasteiger partial charge in [-0.05, 0) is 36.6 Å². The Kier molecular flexibility index (Phi) is 6.05. The van der Waals surface area contributed by atoms with Gasteiger partial charge < -0.3 is 35.0 Å². The Hall–Kier alpha value is -2.46. The number of aryl methyl sites for hydroxylation is 1. The molecule has 0 spiro atoms. The Bertz CT molecular complexity index is 987. The summed E-state index contributed by atoms with van der Waals surface area (Å²) in [5.74, 6) is 0.397. The van der Waals surface area contributed by atoms with E-state index in [9.17, 15) is 15.3 Å². The zero-order valence-corrected chi connectivity index (χ0v) is 16.4. The molecular weight excluding hydrogens is 390 g/mol. The molecule has 1 aliphatic heterocycles. The fourth-order valence-electron chi connectivity index (χ4n) is 3.64. The first-order valence-electron chi connectivity index (χ1n) is 9.76. The number of rotatable bonds is 6. The van der Waals surface area contributed by atoms with E-state index in [1.807, 2.05) is 19.2 Å². The maximum absolute atomic E-state index is 10.2. The summed E-state index contributed by atoms with van der Waals surface area (Å²) in [4.78, 5) is 14.0. The minimum Gasteiger partial charge on any atom is -0.394 e. The first-order chi connectivity index (χ1) is 14.5. The van der Waals surface area contributed by atoms with Crippen molar-refractivity contribution in [3.8, 4) is 5.75 Å². The van der Waals surface area contributed by atoms with E-state index in [0.29, 0.717) is 12.2 Å². The number of hydrogen-bond donors (Lipinski definition) is 5. The van der Waals surface area contributed by atoms with Gasteiger partial charge in [0.05, 0.1) is 6.61 Å². The summed E-state index contributed by atoms with van der Waals surface area (Å²) in [5, 5.41) is 40.3. The SMILES string of the molecule is Cc1ccc(Cc2c[nH]c3cccc(OO[C@@H]4[C@@H](O)[C@H](O)[C@@H](CO)O[C@H]4O)c23)cc1. The molecule has 0 unspecified atom stereocenters. The molecule has 2 heterocycles. The van der Waals surface area contributed by atoms with Gasteiger partial charge in [0.2, 0.25) is 0 Å². The summed E-state index contributed by atoms with van der Waals surface area (Å²) in [5.41, 5.74) is 4.17. The van der Waals surface area contributed by atoms with Crippen LogP contribution in [0.3, 0.4) is 0 Å². The molecule has 1 fully saturated rings. The number of hydrogen-bond acceptors (Lipinski definition) is 7. The van der Waals surface area contributed by atoms with Crippen LogP contribution in [0.1, 0.15) is 16.7 Å². The number of aliphatic hydroxyl groups is 4. The molecule has 30 heavy (non-hydrogen) atoms. The van der Waals surface area contributed by atoms with Crippen LogP contribution in [-0.2, 0) is 16.0 Å². The van der Waals surface area contributed by atoms with Crippen molar-refractivity contribution in [1.82, 2.24) is 4.98 Å². The van der Waals surface area contributed by atoms with Crippen molar-refractivity contribution in [2.24, 2.45) is 0 Å². The fourth-order valence-corrected chi connectivity index (χ4v) is 3.64. The molecule has 5 atom stereocenters. The van der Waals surface area contributed by atoms with E-state index < -0.39 is 37.3 Å². The number of fused-ring (bicyclic) bond motifs is 1. The predicted molar refractivity (Wildman–Crippen MR) is 108 cm³/mol. The Morgan fingerprint density at radius 1 is 1.03 bits per heavy atom. The van der Waals surface area contributed by atoms with Crippen molar-refractivity contribution in [2.75, 3.05) is 6.61 Å². The van der Waals surface area contributed by atoms with Gasteiger partial charge in [-0.2, -0.15) is 4.89 Å². The number of nitrogens with one attached hydrogen (secondary N) is 1. The molecule has 160 valence electrons. The van der Waals surface area contributed by atoms with Gasteiger partial charge in [-0.25, -0.2) is 0 Å². The quantitative estimate of drug-likeness (QED) is 0.302. The lowest BCUT2D eigenvalue weighted by atomic mass is 9.99. The van der Waals surface area contributed by atoms with Crippen LogP contribution in [0.4, 0.5) is 0 Å². The second-order valence-corrected chi connectivity index (χ2v) is 7.53. The van der Waals surface area contributed by atoms with E-state index in [0.717, 1.165) is 22.0 Å². The van der Waals surface area contributed by atoms with Gasteiger partial charge in [-0.15, -0.1) is 0 Å². The Morgan fingerprint density at radius 2 is 1.80 bits per heavy atom. The topological polar surface area (TPSA) is 124 Å². The van der Waals surface area contributed by atoms with Gasteiger partial charge in [0.15, 0.2) is 18.1 Å². The number of aromatic amines is 1. The molecule has 8 heteroatoms. The molecule has 2 aromatic carbocycles. The van der Waals surface area contributed by atoms with Gasteiger partial charge in [-0.3, -0.25) is 0 Å². The van der Waals surface area contributed by atoms with Crippen molar-refractivity contribution in [3.63, 3.8) is 0 Å². The van der Waals surface area contributed by atoms with Crippen LogP contribution in [0.15, 0.2) is 48.7 Å². The molecule has 0 amide bonds. The maximum atomic E-state index is 10.2. The zero-order chi connectivity index (χ0) is 21.3. The van der Waals surface area contributed by atoms with E-state index in [-0.39, 0.29) is 0 Å². The molecular formula is C22H25NO7. The van der Waals surface area contributed by atoms with Crippen LogP contribution < -0.4 is 4.89 Å². The lowest BCUT2D eigenvalue weighted by Crippen LogP contribution is -2.59. The van der Waals surface area contributed by atoms with E-state index in [1.165, 1.54) is 5.56 Å². The van der Waals surface area contributed by atoms with Crippen molar-refractivity contribution in [2.45, 2.75) is 44.1 Å². The minimum atomic E-state index is -1.57. The molecule has 1 aliphatic rings. The van der Waals surface area contributed by atoms with Crippen LogP contribution in [0, 0.1) is 6.92 Å². The third kappa shape index (κ3) is 4.06. The number of aliphatic hydroxyl groups excluding tert-OH is 4. The second-order valence-electron chi connectivity index (χ2n) is 7.53. The summed E-state index contributed by atoms with van der Waals surface area (Å²) in [7, 11) is 0. The molecule has 5 N–H and O–H groups in total. The summed E-state index contributed by atoms with van der Waals surface area (Å²) in [6.07, 6.45) is -4.37. The van der Waals surface area contributed by atoms with E-state index >= 15 is 0 Å². The minimum absolute atomic E-state index is 0.397. The highest BCUT2D eigenvalue weighted by atomic mass is 17.2. The molecule has 3 aromatic rings. The summed E-state index contributed by atoms with van der Waals surface area (Å²) >= 11 is 0. The molecule has 1 saturated heterocycles. The van der Waals surface area contributed by atoms with Crippen LogP contribution in [0.25, 0.3) is 10.9 Å². The second kappa shape index (κ2) is 8.73. The monoisotopic (exact) mass is 415 g/mol. The molecule has 0 bridgehead atoms.